The Kier molecular flexibility index (Phi) is 3.97. The Hall–Kier alpha value is -0.710. The quantitative estimate of drug-likeness (QED) is 0.861. The van der Waals surface area contributed by atoms with Crippen LogP contribution in [0.5, 0.6) is 0 Å². The summed E-state index contributed by atoms with van der Waals surface area (Å²) in [7, 11) is 0. The third-order valence-electron chi connectivity index (χ3n) is 3.19. The molecule has 92 valence electrons. The van der Waals surface area contributed by atoms with Crippen molar-refractivity contribution < 1.29 is 4.39 Å². The van der Waals surface area contributed by atoms with E-state index in [1.807, 2.05) is 6.07 Å². The average Bonchev–Trinajstić information content (AvgIpc) is 2.73. The van der Waals surface area contributed by atoms with Gasteiger partial charge in [0.1, 0.15) is 5.82 Å². The molecule has 2 heterocycles. The fourth-order valence-electron chi connectivity index (χ4n) is 2.32. The Morgan fingerprint density at radius 2 is 2.06 bits per heavy atom. The zero-order valence-electron chi connectivity index (χ0n) is 9.28. The van der Waals surface area contributed by atoms with E-state index in [1.54, 1.807) is 6.07 Å². The van der Waals surface area contributed by atoms with Crippen molar-refractivity contribution in [2.45, 2.75) is 18.8 Å². The van der Waals surface area contributed by atoms with Crippen molar-refractivity contribution in [2.75, 3.05) is 13.1 Å². The SMILES string of the molecule is Cl.Fc1ccc2c(C3CCNCC3)nsc2c1. The van der Waals surface area contributed by atoms with E-state index in [2.05, 4.69) is 9.69 Å². The van der Waals surface area contributed by atoms with Crippen LogP contribution in [0.3, 0.4) is 0 Å². The van der Waals surface area contributed by atoms with Gasteiger partial charge in [0.05, 0.1) is 10.4 Å². The molecule has 0 spiro atoms. The van der Waals surface area contributed by atoms with Gasteiger partial charge >= 0.3 is 0 Å². The van der Waals surface area contributed by atoms with Gasteiger partial charge in [0.25, 0.3) is 0 Å². The number of nitrogens with one attached hydrogen (secondary N) is 1. The lowest BCUT2D eigenvalue weighted by Gasteiger charge is -2.21. The van der Waals surface area contributed by atoms with Crippen LogP contribution < -0.4 is 5.32 Å². The third kappa shape index (κ3) is 2.44. The lowest BCUT2D eigenvalue weighted by atomic mass is 9.93. The summed E-state index contributed by atoms with van der Waals surface area (Å²) in [6.07, 6.45) is 2.27. The number of hydrogen-bond donors (Lipinski definition) is 1. The molecule has 1 aliphatic heterocycles. The van der Waals surface area contributed by atoms with Crippen LogP contribution in [0.15, 0.2) is 18.2 Å². The van der Waals surface area contributed by atoms with E-state index in [4.69, 9.17) is 0 Å². The molecule has 2 nitrogen and oxygen atoms in total. The van der Waals surface area contributed by atoms with E-state index in [9.17, 15) is 4.39 Å². The van der Waals surface area contributed by atoms with Crippen LogP contribution in [0, 0.1) is 5.82 Å². The van der Waals surface area contributed by atoms with Gasteiger partial charge < -0.3 is 5.32 Å². The summed E-state index contributed by atoms with van der Waals surface area (Å²) in [4.78, 5) is 0. The Bertz CT molecular complexity index is 508. The summed E-state index contributed by atoms with van der Waals surface area (Å²) in [6.45, 7) is 2.12. The van der Waals surface area contributed by atoms with Crippen LogP contribution in [0.25, 0.3) is 10.1 Å². The summed E-state index contributed by atoms with van der Waals surface area (Å²) in [6, 6.07) is 4.98. The highest BCUT2D eigenvalue weighted by Crippen LogP contribution is 2.33. The van der Waals surface area contributed by atoms with Gasteiger partial charge in [-0.25, -0.2) is 4.39 Å². The van der Waals surface area contributed by atoms with Crippen molar-refractivity contribution in [3.8, 4) is 0 Å². The molecule has 0 bridgehead atoms. The molecule has 1 N–H and O–H groups in total. The van der Waals surface area contributed by atoms with Gasteiger partial charge in [-0.05, 0) is 55.7 Å². The molecule has 0 aliphatic carbocycles. The maximum Gasteiger partial charge on any atom is 0.124 e. The molecule has 1 aromatic heterocycles. The largest absolute Gasteiger partial charge is 0.317 e. The molecule has 1 fully saturated rings. The first-order valence-corrected chi connectivity index (χ1v) is 6.37. The number of hydrogen-bond acceptors (Lipinski definition) is 3. The second-order valence-corrected chi connectivity index (χ2v) is 5.04. The van der Waals surface area contributed by atoms with Gasteiger partial charge in [0.15, 0.2) is 0 Å². The minimum Gasteiger partial charge on any atom is -0.317 e. The monoisotopic (exact) mass is 272 g/mol. The molecule has 5 heteroatoms. The maximum atomic E-state index is 13.1. The molecular weight excluding hydrogens is 259 g/mol. The molecule has 1 aromatic carbocycles. The number of nitrogens with zero attached hydrogens (tertiary/aromatic N) is 1. The van der Waals surface area contributed by atoms with Gasteiger partial charge in [-0.2, -0.15) is 4.37 Å². The van der Waals surface area contributed by atoms with Crippen LogP contribution >= 0.6 is 23.9 Å². The molecule has 0 radical (unpaired) electrons. The molecule has 0 amide bonds. The van der Waals surface area contributed by atoms with Gasteiger partial charge in [0, 0.05) is 11.3 Å². The number of piperidine rings is 1. The number of benzene rings is 1. The zero-order chi connectivity index (χ0) is 11.0. The van der Waals surface area contributed by atoms with E-state index in [0.717, 1.165) is 36.0 Å². The van der Waals surface area contributed by atoms with E-state index in [-0.39, 0.29) is 18.2 Å². The summed E-state index contributed by atoms with van der Waals surface area (Å²) in [5.74, 6) is 0.369. The number of aromatic nitrogens is 1. The second-order valence-electron chi connectivity index (χ2n) is 4.23. The summed E-state index contributed by atoms with van der Waals surface area (Å²) in [5.41, 5.74) is 1.17. The fourth-order valence-corrected chi connectivity index (χ4v) is 3.20. The molecule has 1 aliphatic rings. The molecule has 1 saturated heterocycles. The van der Waals surface area contributed by atoms with E-state index >= 15 is 0 Å². The van der Waals surface area contributed by atoms with E-state index in [0.29, 0.717) is 5.92 Å². The number of rotatable bonds is 1. The molecule has 2 aromatic rings. The average molecular weight is 273 g/mol. The smallest absolute Gasteiger partial charge is 0.124 e. The number of halogens is 2. The van der Waals surface area contributed by atoms with Crippen molar-refractivity contribution >= 4 is 34.0 Å². The van der Waals surface area contributed by atoms with Gasteiger partial charge in [0.2, 0.25) is 0 Å². The van der Waals surface area contributed by atoms with Crippen LogP contribution in [0.2, 0.25) is 0 Å². The van der Waals surface area contributed by atoms with Crippen molar-refractivity contribution in [1.29, 1.82) is 0 Å². The normalized spacial score (nSPS) is 17.0. The van der Waals surface area contributed by atoms with Gasteiger partial charge in [-0.1, -0.05) is 0 Å². The molecule has 0 saturated carbocycles. The lowest BCUT2D eigenvalue weighted by molar-refractivity contribution is 0.457. The standard InChI is InChI=1S/C12H13FN2S.ClH/c13-9-1-2-10-11(7-9)16-15-12(10)8-3-5-14-6-4-8;/h1-2,7-8,14H,3-6H2;1H. The number of fused-ring (bicyclic) bond motifs is 1. The van der Waals surface area contributed by atoms with Crippen molar-refractivity contribution in [3.63, 3.8) is 0 Å². The van der Waals surface area contributed by atoms with Crippen LogP contribution in [-0.4, -0.2) is 17.5 Å². The Morgan fingerprint density at radius 1 is 1.29 bits per heavy atom. The first-order valence-electron chi connectivity index (χ1n) is 5.60. The minimum absolute atomic E-state index is 0. The maximum absolute atomic E-state index is 13.1. The molecule has 3 rings (SSSR count). The summed E-state index contributed by atoms with van der Waals surface area (Å²) >= 11 is 1.41. The Balaban J connectivity index is 0.00000108. The summed E-state index contributed by atoms with van der Waals surface area (Å²) < 4.78 is 18.5. The molecule has 0 unspecified atom stereocenters. The Morgan fingerprint density at radius 3 is 2.82 bits per heavy atom. The Labute approximate surface area is 110 Å². The molecular formula is C12H14ClFN2S. The zero-order valence-corrected chi connectivity index (χ0v) is 10.9. The van der Waals surface area contributed by atoms with Crippen molar-refractivity contribution in [1.82, 2.24) is 9.69 Å². The van der Waals surface area contributed by atoms with Crippen molar-refractivity contribution in [3.05, 3.63) is 29.7 Å². The lowest BCUT2D eigenvalue weighted by Crippen LogP contribution is -2.26. The van der Waals surface area contributed by atoms with E-state index < -0.39 is 0 Å². The predicted octanol–water partition coefficient (Wildman–Crippen LogP) is 3.32. The highest BCUT2D eigenvalue weighted by molar-refractivity contribution is 7.13. The first-order chi connectivity index (χ1) is 7.84. The highest BCUT2D eigenvalue weighted by Gasteiger charge is 2.20. The third-order valence-corrected chi connectivity index (χ3v) is 4.01. The second kappa shape index (κ2) is 5.29. The van der Waals surface area contributed by atoms with Crippen LogP contribution in [0.4, 0.5) is 4.39 Å². The highest BCUT2D eigenvalue weighted by atomic mass is 35.5. The van der Waals surface area contributed by atoms with Crippen molar-refractivity contribution in [2.24, 2.45) is 0 Å². The first kappa shape index (κ1) is 12.7. The van der Waals surface area contributed by atoms with Crippen LogP contribution in [0.1, 0.15) is 24.5 Å². The van der Waals surface area contributed by atoms with Gasteiger partial charge in [-0.3, -0.25) is 0 Å². The topological polar surface area (TPSA) is 24.9 Å². The summed E-state index contributed by atoms with van der Waals surface area (Å²) in [5, 5.41) is 4.49. The van der Waals surface area contributed by atoms with E-state index in [1.165, 1.54) is 23.3 Å². The van der Waals surface area contributed by atoms with Crippen LogP contribution in [-0.2, 0) is 0 Å². The predicted molar refractivity (Wildman–Crippen MR) is 71.7 cm³/mol. The van der Waals surface area contributed by atoms with Gasteiger partial charge in [-0.15, -0.1) is 12.4 Å². The molecule has 0 atom stereocenters. The minimum atomic E-state index is -0.173. The fraction of sp³-hybridized carbons (Fsp3) is 0.417. The molecule has 17 heavy (non-hydrogen) atoms.